The Balaban J connectivity index is 2.47. The van der Waals surface area contributed by atoms with Crippen molar-refractivity contribution < 1.29 is 28.5 Å². The first-order chi connectivity index (χ1) is 12.6. The van der Waals surface area contributed by atoms with Gasteiger partial charge in [-0.05, 0) is 18.6 Å². The second-order valence-corrected chi connectivity index (χ2v) is 5.71. The predicted molar refractivity (Wildman–Crippen MR) is 98.1 cm³/mol. The Kier molecular flexibility index (Phi) is 9.97. The number of hydrogen-bond donors (Lipinski definition) is 1. The van der Waals surface area contributed by atoms with Crippen molar-refractivity contribution in [2.75, 3.05) is 34.5 Å². The number of esters is 1. The maximum absolute atomic E-state index is 12.2. The Morgan fingerprint density at radius 3 is 2.15 bits per heavy atom. The van der Waals surface area contributed by atoms with Gasteiger partial charge in [-0.1, -0.05) is 26.2 Å². The van der Waals surface area contributed by atoms with Crippen LogP contribution in [0.3, 0.4) is 0 Å². The van der Waals surface area contributed by atoms with E-state index < -0.39 is 5.97 Å². The van der Waals surface area contributed by atoms with E-state index in [1.54, 1.807) is 0 Å². The summed E-state index contributed by atoms with van der Waals surface area (Å²) < 4.78 is 20.8. The first-order valence-corrected chi connectivity index (χ1v) is 8.81. The van der Waals surface area contributed by atoms with Gasteiger partial charge in [0, 0.05) is 6.42 Å². The molecule has 7 nitrogen and oxygen atoms in total. The van der Waals surface area contributed by atoms with E-state index >= 15 is 0 Å². The molecule has 1 N–H and O–H groups in total. The molecule has 0 spiro atoms. The van der Waals surface area contributed by atoms with Crippen LogP contribution >= 0.6 is 0 Å². The molecular weight excluding hydrogens is 338 g/mol. The molecule has 0 radical (unpaired) electrons. The molecule has 0 aliphatic rings. The van der Waals surface area contributed by atoms with E-state index in [1.807, 2.05) is 0 Å². The normalized spacial score (nSPS) is 10.2. The second kappa shape index (κ2) is 12.0. The smallest absolute Gasteiger partial charge is 0.338 e. The number of amides is 1. The van der Waals surface area contributed by atoms with Gasteiger partial charge in [0.1, 0.15) is 6.61 Å². The molecule has 0 saturated heterocycles. The van der Waals surface area contributed by atoms with Gasteiger partial charge in [-0.15, -0.1) is 0 Å². The zero-order valence-corrected chi connectivity index (χ0v) is 16.1. The van der Waals surface area contributed by atoms with Crippen molar-refractivity contribution in [3.8, 4) is 17.2 Å². The van der Waals surface area contributed by atoms with Crippen molar-refractivity contribution in [3.63, 3.8) is 0 Å². The Hall–Kier alpha value is -2.44. The van der Waals surface area contributed by atoms with Crippen LogP contribution in [0.15, 0.2) is 12.1 Å². The minimum absolute atomic E-state index is 0.0232. The van der Waals surface area contributed by atoms with E-state index in [1.165, 1.54) is 33.5 Å². The molecule has 7 heteroatoms. The van der Waals surface area contributed by atoms with Crippen LogP contribution in [-0.2, 0) is 9.53 Å². The lowest BCUT2D eigenvalue weighted by Crippen LogP contribution is -2.27. The number of unbranched alkanes of at least 4 members (excludes halogenated alkanes) is 3. The van der Waals surface area contributed by atoms with Gasteiger partial charge in [-0.2, -0.15) is 0 Å². The van der Waals surface area contributed by atoms with Crippen molar-refractivity contribution >= 4 is 11.9 Å². The number of methoxy groups -OCH3 is 3. The summed E-state index contributed by atoms with van der Waals surface area (Å²) in [5, 5.41) is 2.74. The topological polar surface area (TPSA) is 83.1 Å². The Morgan fingerprint density at radius 2 is 1.62 bits per heavy atom. The number of ether oxygens (including phenoxy) is 4. The third kappa shape index (κ3) is 6.82. The maximum atomic E-state index is 12.2. The lowest BCUT2D eigenvalue weighted by molar-refractivity contribution is -0.121. The summed E-state index contributed by atoms with van der Waals surface area (Å²) in [6.07, 6.45) is 4.71. The minimum atomic E-state index is -0.526. The summed E-state index contributed by atoms with van der Waals surface area (Å²) in [7, 11) is 4.44. The third-order valence-electron chi connectivity index (χ3n) is 3.82. The summed E-state index contributed by atoms with van der Waals surface area (Å²) in [5.41, 5.74) is 0.283. The van der Waals surface area contributed by atoms with Gasteiger partial charge in [0.05, 0.1) is 33.4 Å². The minimum Gasteiger partial charge on any atom is -0.493 e. The van der Waals surface area contributed by atoms with Crippen molar-refractivity contribution in [2.45, 2.75) is 39.0 Å². The van der Waals surface area contributed by atoms with Gasteiger partial charge in [0.15, 0.2) is 11.5 Å². The quantitative estimate of drug-likeness (QED) is 0.452. The van der Waals surface area contributed by atoms with Gasteiger partial charge in [-0.3, -0.25) is 4.79 Å². The first kappa shape index (κ1) is 21.6. The summed E-state index contributed by atoms with van der Waals surface area (Å²) >= 11 is 0. The molecule has 0 aromatic heterocycles. The maximum Gasteiger partial charge on any atom is 0.338 e. The van der Waals surface area contributed by atoms with Gasteiger partial charge in [0.2, 0.25) is 11.7 Å². The molecule has 1 rings (SSSR count). The average molecular weight is 367 g/mol. The second-order valence-electron chi connectivity index (χ2n) is 5.71. The van der Waals surface area contributed by atoms with Crippen LogP contribution in [0.25, 0.3) is 0 Å². The van der Waals surface area contributed by atoms with Crippen LogP contribution in [-0.4, -0.2) is 46.4 Å². The van der Waals surface area contributed by atoms with Crippen molar-refractivity contribution in [2.24, 2.45) is 0 Å². The summed E-state index contributed by atoms with van der Waals surface area (Å²) in [6.45, 7) is 2.50. The first-order valence-electron chi connectivity index (χ1n) is 8.81. The van der Waals surface area contributed by atoms with E-state index in [4.69, 9.17) is 18.9 Å². The fraction of sp³-hybridized carbons (Fsp3) is 0.579. The largest absolute Gasteiger partial charge is 0.493 e. The number of hydrogen-bond acceptors (Lipinski definition) is 6. The van der Waals surface area contributed by atoms with Gasteiger partial charge < -0.3 is 24.3 Å². The van der Waals surface area contributed by atoms with Crippen LogP contribution in [0.5, 0.6) is 17.2 Å². The van der Waals surface area contributed by atoms with Crippen LogP contribution in [0.2, 0.25) is 0 Å². The van der Waals surface area contributed by atoms with Crippen molar-refractivity contribution in [3.05, 3.63) is 17.7 Å². The number of benzene rings is 1. The molecule has 1 aromatic carbocycles. The fourth-order valence-electron chi connectivity index (χ4n) is 2.42. The molecule has 146 valence electrons. The molecule has 0 bridgehead atoms. The molecule has 0 unspecified atom stereocenters. The number of carbonyl (C=O) groups is 2. The highest BCUT2D eigenvalue weighted by molar-refractivity contribution is 5.91. The summed E-state index contributed by atoms with van der Waals surface area (Å²) in [6, 6.07) is 3.05. The SMILES string of the molecule is CCCCCCC(=O)NCCOC(=O)c1cc(OC)c(OC)c(OC)c1. The number of rotatable bonds is 12. The zero-order chi connectivity index (χ0) is 19.4. The molecule has 0 aliphatic heterocycles. The van der Waals surface area contributed by atoms with Gasteiger partial charge in [-0.25, -0.2) is 4.79 Å². The summed E-state index contributed by atoms with van der Waals surface area (Å²) in [4.78, 5) is 23.8. The van der Waals surface area contributed by atoms with E-state index in [-0.39, 0.29) is 24.6 Å². The third-order valence-corrected chi connectivity index (χ3v) is 3.82. The number of nitrogens with one attached hydrogen (secondary N) is 1. The van der Waals surface area contributed by atoms with Crippen LogP contribution in [0.1, 0.15) is 49.4 Å². The lowest BCUT2D eigenvalue weighted by atomic mass is 10.1. The molecule has 0 heterocycles. The Labute approximate surface area is 155 Å². The standard InChI is InChI=1S/C19H29NO6/c1-5-6-7-8-9-17(21)20-10-11-26-19(22)14-12-15(23-2)18(25-4)16(13-14)24-3/h12-13H,5-11H2,1-4H3,(H,20,21). The molecule has 0 atom stereocenters. The summed E-state index contributed by atoms with van der Waals surface area (Å²) in [5.74, 6) is 0.603. The van der Waals surface area contributed by atoms with Crippen molar-refractivity contribution in [1.82, 2.24) is 5.32 Å². The zero-order valence-electron chi connectivity index (χ0n) is 16.1. The predicted octanol–water partition coefficient (Wildman–Crippen LogP) is 2.96. The molecule has 0 saturated carbocycles. The van der Waals surface area contributed by atoms with E-state index in [0.717, 1.165) is 25.7 Å². The van der Waals surface area contributed by atoms with E-state index in [9.17, 15) is 9.59 Å². The van der Waals surface area contributed by atoms with E-state index in [0.29, 0.717) is 23.7 Å². The lowest BCUT2D eigenvalue weighted by Gasteiger charge is -2.14. The van der Waals surface area contributed by atoms with Gasteiger partial charge >= 0.3 is 5.97 Å². The Morgan fingerprint density at radius 1 is 0.962 bits per heavy atom. The fourth-order valence-corrected chi connectivity index (χ4v) is 2.42. The highest BCUT2D eigenvalue weighted by Gasteiger charge is 2.17. The molecule has 0 aliphatic carbocycles. The molecule has 1 amide bonds. The van der Waals surface area contributed by atoms with Crippen LogP contribution < -0.4 is 19.5 Å². The molecule has 0 fully saturated rings. The number of carbonyl (C=O) groups excluding carboxylic acids is 2. The molecular formula is C19H29NO6. The molecule has 1 aromatic rings. The van der Waals surface area contributed by atoms with Gasteiger partial charge in [0.25, 0.3) is 0 Å². The van der Waals surface area contributed by atoms with Crippen LogP contribution in [0.4, 0.5) is 0 Å². The molecule has 26 heavy (non-hydrogen) atoms. The highest BCUT2D eigenvalue weighted by Crippen LogP contribution is 2.38. The highest BCUT2D eigenvalue weighted by atomic mass is 16.5. The monoisotopic (exact) mass is 367 g/mol. The van der Waals surface area contributed by atoms with Crippen molar-refractivity contribution in [1.29, 1.82) is 0 Å². The van der Waals surface area contributed by atoms with E-state index in [2.05, 4.69) is 12.2 Å². The average Bonchev–Trinajstić information content (AvgIpc) is 2.67. The van der Waals surface area contributed by atoms with Crippen LogP contribution in [0, 0.1) is 0 Å². The Bertz CT molecular complexity index is 562.